The third-order valence-corrected chi connectivity index (χ3v) is 15.6. The number of unbranched alkanes of at least 4 members (excludes halogenated alkanes) is 1. The van der Waals surface area contributed by atoms with Crippen molar-refractivity contribution >= 4 is 126 Å². The molecule has 11 amide bonds. The summed E-state index contributed by atoms with van der Waals surface area (Å²) in [6.45, 7) is 9.92. The Morgan fingerprint density at radius 1 is 0.576 bits per heavy atom. The molecule has 1 saturated heterocycles. The lowest BCUT2D eigenvalue weighted by Crippen LogP contribution is -2.61. The lowest BCUT2D eigenvalue weighted by molar-refractivity contribution is -0.145. The van der Waals surface area contributed by atoms with Crippen LogP contribution in [0, 0.1) is 17.8 Å². The summed E-state index contributed by atoms with van der Waals surface area (Å²) >= 11 is 9.24. The van der Waals surface area contributed by atoms with Crippen LogP contribution >= 0.6 is 37.0 Å². The number of nitrogens with one attached hydrogen (secondary N) is 10. The second-order valence-electron chi connectivity index (χ2n) is 23.3. The number of hydrogen-bond donors (Lipinski definition) is 19. The van der Waals surface area contributed by atoms with E-state index in [1.165, 1.54) is 16.7 Å². The summed E-state index contributed by atoms with van der Waals surface area (Å²) in [5, 5.41) is 53.8. The van der Waals surface area contributed by atoms with Crippen molar-refractivity contribution in [2.24, 2.45) is 45.7 Å². The van der Waals surface area contributed by atoms with Gasteiger partial charge in [-0.2, -0.15) is 37.0 Å². The number of amides is 11. The van der Waals surface area contributed by atoms with Crippen molar-refractivity contribution in [1.82, 2.24) is 58.1 Å². The van der Waals surface area contributed by atoms with Crippen molar-refractivity contribution in [3.8, 4) is 0 Å². The van der Waals surface area contributed by atoms with Gasteiger partial charge in [0.1, 0.15) is 60.4 Å². The highest BCUT2D eigenvalue weighted by Crippen LogP contribution is 2.22. The Morgan fingerprint density at radius 2 is 1.05 bits per heavy atom. The number of carboxylic acids is 3. The zero-order valence-electron chi connectivity index (χ0n) is 53.3. The number of nitrogens with zero attached hydrogens (tertiary/aromatic N) is 2. The Balaban J connectivity index is 3.52. The van der Waals surface area contributed by atoms with Crippen LogP contribution in [0.2, 0.25) is 0 Å². The lowest BCUT2D eigenvalue weighted by Gasteiger charge is -2.32. The Labute approximate surface area is 550 Å². The predicted molar refractivity (Wildman–Crippen MR) is 347 cm³/mol. The molecule has 0 bridgehead atoms. The summed E-state index contributed by atoms with van der Waals surface area (Å²) in [7, 11) is 0. The molecule has 1 aliphatic rings. The third kappa shape index (κ3) is 31.4. The van der Waals surface area contributed by atoms with Crippen molar-refractivity contribution in [2.75, 3.05) is 49.7 Å². The van der Waals surface area contributed by atoms with Crippen molar-refractivity contribution in [1.29, 1.82) is 0 Å². The highest BCUT2D eigenvalue weighted by Gasteiger charge is 2.42. The van der Waals surface area contributed by atoms with Gasteiger partial charge in [-0.25, -0.2) is 4.79 Å². The van der Waals surface area contributed by atoms with E-state index in [0.29, 0.717) is 18.6 Å². The monoisotopic (exact) mass is 1360 g/mol. The molecule has 11 atom stereocenters. The number of thiol groups is 2. The molecule has 1 rings (SSSR count). The number of guanidine groups is 1. The topological polar surface area (TPSA) is 540 Å². The second-order valence-corrected chi connectivity index (χ2v) is 25.0. The van der Waals surface area contributed by atoms with Crippen molar-refractivity contribution in [3.05, 3.63) is 0 Å². The van der Waals surface area contributed by atoms with Crippen LogP contribution in [-0.2, 0) is 67.1 Å². The van der Waals surface area contributed by atoms with Crippen molar-refractivity contribution in [2.45, 2.75) is 191 Å². The number of carbonyl (C=O) groups is 14. The average molecular weight is 1360 g/mol. The van der Waals surface area contributed by atoms with E-state index in [9.17, 15) is 82.4 Å². The van der Waals surface area contributed by atoms with E-state index in [2.05, 4.69) is 83.4 Å². The number of hydrogen-bond acceptors (Lipinski definition) is 20. The fourth-order valence-corrected chi connectivity index (χ4v) is 10.2. The molecule has 522 valence electrons. The van der Waals surface area contributed by atoms with E-state index >= 15 is 0 Å². The maximum Gasteiger partial charge on any atom is 0.327 e. The number of likely N-dealkylation sites (tertiary alicyclic amines) is 1. The first-order chi connectivity index (χ1) is 43.2. The van der Waals surface area contributed by atoms with E-state index in [4.69, 9.17) is 22.9 Å². The van der Waals surface area contributed by atoms with Crippen LogP contribution in [0.5, 0.6) is 0 Å². The van der Waals surface area contributed by atoms with Crippen LogP contribution in [0.4, 0.5) is 0 Å². The molecule has 36 heteroatoms. The minimum absolute atomic E-state index is 0.00107. The number of thioether (sulfide) groups is 1. The van der Waals surface area contributed by atoms with Gasteiger partial charge in [-0.05, 0) is 107 Å². The molecule has 0 spiro atoms. The first-order valence-electron chi connectivity index (χ1n) is 30.4. The second kappa shape index (κ2) is 43.6. The molecule has 0 unspecified atom stereocenters. The first-order valence-corrected chi connectivity index (χ1v) is 33.1. The fourth-order valence-electron chi connectivity index (χ4n) is 9.33. The van der Waals surface area contributed by atoms with Crippen LogP contribution in [-0.4, -0.2) is 225 Å². The molecule has 0 saturated carbocycles. The van der Waals surface area contributed by atoms with Crippen LogP contribution < -0.4 is 76.1 Å². The van der Waals surface area contributed by atoms with E-state index < -0.39 is 181 Å². The highest BCUT2D eigenvalue weighted by molar-refractivity contribution is 7.98. The number of aliphatic imine (C=N–C) groups is 1. The summed E-state index contributed by atoms with van der Waals surface area (Å²) in [4.78, 5) is 192. The Kier molecular flexibility index (Phi) is 39.3. The number of carbonyl (C=O) groups excluding carboxylic acids is 11. The Morgan fingerprint density at radius 3 is 1.52 bits per heavy atom. The Hall–Kier alpha value is -7.18. The van der Waals surface area contributed by atoms with Gasteiger partial charge in [-0.15, -0.1) is 0 Å². The molecule has 1 heterocycles. The van der Waals surface area contributed by atoms with Gasteiger partial charge in [0, 0.05) is 31.0 Å². The largest absolute Gasteiger partial charge is 0.481 e. The minimum Gasteiger partial charge on any atom is -0.481 e. The first kappa shape index (κ1) is 82.8. The van der Waals surface area contributed by atoms with Gasteiger partial charge in [-0.3, -0.25) is 67.3 Å². The summed E-state index contributed by atoms with van der Waals surface area (Å²) in [5.74, 6) is -15.3. The van der Waals surface area contributed by atoms with E-state index in [-0.39, 0.29) is 100 Å². The van der Waals surface area contributed by atoms with Crippen LogP contribution in [0.3, 0.4) is 0 Å². The quantitative estimate of drug-likeness (QED) is 0.0119. The maximum absolute atomic E-state index is 14.6. The summed E-state index contributed by atoms with van der Waals surface area (Å²) < 4.78 is 0. The number of aliphatic carboxylic acids is 3. The molecule has 0 radical (unpaired) electrons. The van der Waals surface area contributed by atoms with E-state index in [1.807, 2.05) is 0 Å². The van der Waals surface area contributed by atoms with E-state index in [0.717, 1.165) is 0 Å². The smallest absolute Gasteiger partial charge is 0.327 e. The maximum atomic E-state index is 14.6. The normalized spacial score (nSPS) is 16.1. The summed E-state index contributed by atoms with van der Waals surface area (Å²) in [6.07, 6.45) is 0.844. The van der Waals surface area contributed by atoms with Gasteiger partial charge in [0.2, 0.25) is 65.0 Å². The zero-order chi connectivity index (χ0) is 69.9. The van der Waals surface area contributed by atoms with Crippen LogP contribution in [0.25, 0.3) is 0 Å². The lowest BCUT2D eigenvalue weighted by atomic mass is 10.00. The molecule has 0 aliphatic carbocycles. The molecule has 33 nitrogen and oxygen atoms in total. The third-order valence-electron chi connectivity index (χ3n) is 14.2. The molecular formula is C56H98N16O17S3. The highest BCUT2D eigenvalue weighted by atomic mass is 32.2. The number of nitrogens with two attached hydrogens (primary N) is 4. The van der Waals surface area contributed by atoms with E-state index in [1.54, 1.807) is 47.8 Å². The number of rotatable bonds is 45. The van der Waals surface area contributed by atoms with Crippen molar-refractivity contribution < 1.29 is 82.4 Å². The van der Waals surface area contributed by atoms with Gasteiger partial charge in [0.15, 0.2) is 5.96 Å². The number of carboxylic acid groups (broad SMARTS) is 3. The molecule has 1 aliphatic heterocycles. The van der Waals surface area contributed by atoms with Gasteiger partial charge in [-0.1, -0.05) is 41.5 Å². The zero-order valence-corrected chi connectivity index (χ0v) is 55.9. The molecule has 92 heavy (non-hydrogen) atoms. The van der Waals surface area contributed by atoms with Gasteiger partial charge >= 0.3 is 17.9 Å². The molecule has 0 aromatic carbocycles. The van der Waals surface area contributed by atoms with Crippen molar-refractivity contribution in [3.63, 3.8) is 0 Å². The molecule has 21 N–H and O–H groups in total. The standard InChI is InChI=1S/C56H98N16O17S3/c1-28(2)22-36(67-46(79)32(13-10-19-61-56(59)60)63-41(73)25-62-45(78)31(58)26-90)50(83)64-33(12-8-9-18-57)47(80)66-35(17-21-92-7)49(82)71-44(30(5)6)54(87)72-20-11-14-40(72)53(86)69-38(24-43(76)77)52(85)68-37(23-29(3)4)51(84)65-34(15-16-42(74)75)48(81)70-39(27-91)55(88)89/h28-40,44,90-91H,8-27,57-58H2,1-7H3,(H,62,78)(H,63,73)(H,64,83)(H,65,84)(H,66,80)(H,67,79)(H,68,85)(H,69,86)(H,70,81)(H,71,82)(H,74,75)(H,76,77)(H,88,89)(H4,59,60,61)/t31-,32-,33-,34-,35-,36-,37-,38-,39-,40-,44-/m0/s1. The van der Waals surface area contributed by atoms with Gasteiger partial charge < -0.3 is 96.3 Å². The molecule has 0 aromatic rings. The summed E-state index contributed by atoms with van der Waals surface area (Å²) in [6, 6.07) is -15.3. The van der Waals surface area contributed by atoms with Gasteiger partial charge in [0.25, 0.3) is 0 Å². The van der Waals surface area contributed by atoms with Crippen LogP contribution in [0.1, 0.15) is 125 Å². The molecule has 1 fully saturated rings. The fraction of sp³-hybridized carbons (Fsp3) is 0.732. The SMILES string of the molecule is CSCC[C@H](NC(=O)[C@H](CCCCN)NC(=O)[C@H](CC(C)C)NC(=O)[C@H](CCCN=C(N)N)NC(=O)CNC(=O)[C@@H](N)CS)C(=O)N[C@H](C(=O)N1CCC[C@H]1C(=O)N[C@@H](CC(=O)O)C(=O)N[C@@H](CC(C)C)C(=O)N[C@@H](CCC(=O)O)C(=O)N[C@@H](CS)C(=O)O)C(C)C. The summed E-state index contributed by atoms with van der Waals surface area (Å²) in [5.41, 5.74) is 22.4. The average Bonchev–Trinajstić information content (AvgIpc) is 1.88. The predicted octanol–water partition coefficient (Wildman–Crippen LogP) is -4.25. The minimum atomic E-state index is -1.86. The molecular weight excluding hydrogens is 1260 g/mol. The van der Waals surface area contributed by atoms with Gasteiger partial charge in [0.05, 0.1) is 19.0 Å². The van der Waals surface area contributed by atoms with Crippen LogP contribution in [0.15, 0.2) is 4.99 Å². The molecule has 0 aromatic heterocycles. The Bertz CT molecular complexity index is 2550.